The van der Waals surface area contributed by atoms with Gasteiger partial charge in [-0.1, -0.05) is 29.3 Å². The molecule has 8 heteroatoms. The van der Waals surface area contributed by atoms with Crippen LogP contribution < -0.4 is 10.1 Å². The first kappa shape index (κ1) is 23.0. The van der Waals surface area contributed by atoms with Crippen LogP contribution in [0.2, 0.25) is 10.0 Å². The molecule has 0 spiro atoms. The number of ether oxygens (including phenoxy) is 1. The molecule has 0 aliphatic heterocycles. The maximum atomic E-state index is 9.55. The first-order valence-electron chi connectivity index (χ1n) is 7.33. The van der Waals surface area contributed by atoms with Gasteiger partial charge in [-0.3, -0.25) is 0 Å². The van der Waals surface area contributed by atoms with Gasteiger partial charge in [-0.05, 0) is 38.7 Å². The van der Waals surface area contributed by atoms with Gasteiger partial charge in [-0.2, -0.15) is 0 Å². The summed E-state index contributed by atoms with van der Waals surface area (Å²) in [7, 11) is 1.92. The van der Waals surface area contributed by atoms with Crippen molar-refractivity contribution in [3.63, 3.8) is 0 Å². The predicted molar refractivity (Wildman–Crippen MR) is 98.6 cm³/mol. The molecule has 0 radical (unpaired) electrons. The molecule has 138 valence electrons. The van der Waals surface area contributed by atoms with E-state index in [9.17, 15) is 9.59 Å². The fourth-order valence-corrected chi connectivity index (χ4v) is 1.85. The summed E-state index contributed by atoms with van der Waals surface area (Å²) < 4.78 is 5.82. The Balaban J connectivity index is 0.000000609. The molecule has 0 saturated carbocycles. The first-order chi connectivity index (χ1) is 11.8. The molecule has 0 aliphatic rings. The minimum atomic E-state index is -1.26. The highest BCUT2D eigenvalue weighted by molar-refractivity contribution is 6.42. The Morgan fingerprint density at radius 2 is 1.80 bits per heavy atom. The van der Waals surface area contributed by atoms with Crippen LogP contribution in [-0.4, -0.2) is 41.8 Å². The Morgan fingerprint density at radius 3 is 2.24 bits per heavy atom. The topological polar surface area (TPSA) is 95.9 Å². The van der Waals surface area contributed by atoms with Crippen LogP contribution in [0.15, 0.2) is 42.5 Å². The van der Waals surface area contributed by atoms with Crippen LogP contribution >= 0.6 is 23.2 Å². The van der Waals surface area contributed by atoms with E-state index < -0.39 is 11.9 Å². The lowest BCUT2D eigenvalue weighted by molar-refractivity contribution is -0.134. The van der Waals surface area contributed by atoms with E-state index in [1.165, 1.54) is 0 Å². The Bertz CT molecular complexity index is 601. The first-order valence-corrected chi connectivity index (χ1v) is 8.08. The van der Waals surface area contributed by atoms with Crippen LogP contribution in [0.1, 0.15) is 13.3 Å². The Hall–Kier alpha value is -2.02. The van der Waals surface area contributed by atoms with Gasteiger partial charge < -0.3 is 20.3 Å². The highest BCUT2D eigenvalue weighted by Crippen LogP contribution is 2.27. The summed E-state index contributed by atoms with van der Waals surface area (Å²) in [5.74, 6) is -1.78. The number of hydrogen-bond donors (Lipinski definition) is 3. The second-order valence-corrected chi connectivity index (χ2v) is 5.47. The molecule has 1 atom stereocenters. The maximum absolute atomic E-state index is 9.55. The molecule has 0 aliphatic carbocycles. The lowest BCUT2D eigenvalue weighted by Gasteiger charge is -2.16. The van der Waals surface area contributed by atoms with Gasteiger partial charge in [-0.25, -0.2) is 9.59 Å². The van der Waals surface area contributed by atoms with E-state index in [0.717, 1.165) is 18.7 Å². The van der Waals surface area contributed by atoms with Gasteiger partial charge >= 0.3 is 11.9 Å². The summed E-state index contributed by atoms with van der Waals surface area (Å²) >= 11 is 11.8. The van der Waals surface area contributed by atoms with Crippen molar-refractivity contribution in [1.82, 2.24) is 5.32 Å². The quantitative estimate of drug-likeness (QED) is 0.463. The lowest BCUT2D eigenvalue weighted by Crippen LogP contribution is -2.20. The fourth-order valence-electron chi connectivity index (χ4n) is 1.56. The summed E-state index contributed by atoms with van der Waals surface area (Å²) in [4.78, 5) is 19.1. The van der Waals surface area contributed by atoms with Gasteiger partial charge in [0.1, 0.15) is 11.9 Å². The zero-order valence-electron chi connectivity index (χ0n) is 13.9. The smallest absolute Gasteiger partial charge is 0.328 e. The molecule has 1 aromatic rings. The zero-order chi connectivity index (χ0) is 19.2. The number of carboxylic acid groups (broad SMARTS) is 2. The van der Waals surface area contributed by atoms with Gasteiger partial charge in [0.25, 0.3) is 0 Å². The average molecular weight is 390 g/mol. The molecular formula is C17H21Cl2NO5. The number of carboxylic acids is 2. The Kier molecular flexibility index (Phi) is 12.2. The molecule has 0 fully saturated rings. The van der Waals surface area contributed by atoms with E-state index in [4.69, 9.17) is 38.2 Å². The maximum Gasteiger partial charge on any atom is 0.328 e. The third kappa shape index (κ3) is 12.1. The van der Waals surface area contributed by atoms with Gasteiger partial charge in [0.05, 0.1) is 10.0 Å². The number of benzene rings is 1. The number of hydrogen-bond acceptors (Lipinski definition) is 4. The van der Waals surface area contributed by atoms with Crippen LogP contribution in [0.3, 0.4) is 0 Å². The molecule has 0 bridgehead atoms. The van der Waals surface area contributed by atoms with Crippen LogP contribution in [0, 0.1) is 0 Å². The SMILES string of the molecule is C/C=C/C(CCNC)Oc1ccc(Cl)c(Cl)c1.O=C(O)/C=C/C(=O)O. The van der Waals surface area contributed by atoms with Crippen molar-refractivity contribution in [2.45, 2.75) is 19.4 Å². The summed E-state index contributed by atoms with van der Waals surface area (Å²) in [5, 5.41) is 19.8. The number of allylic oxidation sites excluding steroid dienone is 1. The molecule has 0 saturated heterocycles. The molecule has 0 heterocycles. The standard InChI is InChI=1S/C13H17Cl2NO.C4H4O4/c1-3-4-10(7-8-16-2)17-11-5-6-12(14)13(15)9-11;5-3(6)1-2-4(7)8/h3-6,9-10,16H,7-8H2,1-2H3;1-2H,(H,5,6)(H,7,8)/b4-3+;2-1+. The van der Waals surface area contributed by atoms with Crippen molar-refractivity contribution in [2.24, 2.45) is 0 Å². The summed E-state index contributed by atoms with van der Waals surface area (Å²) in [6, 6.07) is 5.30. The van der Waals surface area contributed by atoms with Gasteiger partial charge in [0.2, 0.25) is 0 Å². The minimum absolute atomic E-state index is 0.0460. The number of aliphatic carboxylic acids is 2. The fraction of sp³-hybridized carbons (Fsp3) is 0.294. The van der Waals surface area contributed by atoms with Crippen LogP contribution in [0.5, 0.6) is 5.75 Å². The molecule has 3 N–H and O–H groups in total. The van der Waals surface area contributed by atoms with Crippen molar-refractivity contribution >= 4 is 35.1 Å². The van der Waals surface area contributed by atoms with Gasteiger partial charge in [0, 0.05) is 24.6 Å². The summed E-state index contributed by atoms with van der Waals surface area (Å²) in [6.45, 7) is 2.88. The lowest BCUT2D eigenvalue weighted by atomic mass is 10.2. The number of carbonyl (C=O) groups is 2. The Morgan fingerprint density at radius 1 is 1.20 bits per heavy atom. The third-order valence-electron chi connectivity index (χ3n) is 2.63. The van der Waals surface area contributed by atoms with Crippen molar-refractivity contribution in [3.05, 3.63) is 52.5 Å². The summed E-state index contributed by atoms with van der Waals surface area (Å²) in [5.41, 5.74) is 0. The minimum Gasteiger partial charge on any atom is -0.486 e. The molecule has 25 heavy (non-hydrogen) atoms. The molecule has 0 amide bonds. The molecular weight excluding hydrogens is 369 g/mol. The van der Waals surface area contributed by atoms with Gasteiger partial charge in [-0.15, -0.1) is 0 Å². The molecule has 1 rings (SSSR count). The monoisotopic (exact) mass is 389 g/mol. The van der Waals surface area contributed by atoms with Crippen molar-refractivity contribution in [3.8, 4) is 5.75 Å². The van der Waals surface area contributed by atoms with E-state index in [2.05, 4.69) is 5.32 Å². The normalized spacial score (nSPS) is 11.8. The summed E-state index contributed by atoms with van der Waals surface area (Å²) in [6.07, 6.45) is 6.08. The van der Waals surface area contributed by atoms with Crippen molar-refractivity contribution in [2.75, 3.05) is 13.6 Å². The van der Waals surface area contributed by atoms with E-state index in [1.807, 2.05) is 32.2 Å². The second-order valence-electron chi connectivity index (χ2n) is 4.66. The highest BCUT2D eigenvalue weighted by atomic mass is 35.5. The zero-order valence-corrected chi connectivity index (χ0v) is 15.4. The van der Waals surface area contributed by atoms with E-state index in [-0.39, 0.29) is 6.10 Å². The number of nitrogens with one attached hydrogen (secondary N) is 1. The molecule has 6 nitrogen and oxygen atoms in total. The van der Waals surface area contributed by atoms with Crippen LogP contribution in [0.25, 0.3) is 0 Å². The average Bonchev–Trinajstić information content (AvgIpc) is 2.55. The third-order valence-corrected chi connectivity index (χ3v) is 3.37. The number of halogens is 2. The molecule has 0 aromatic heterocycles. The predicted octanol–water partition coefficient (Wildman–Crippen LogP) is 3.64. The Labute approximate surface area is 156 Å². The number of rotatable bonds is 8. The van der Waals surface area contributed by atoms with E-state index >= 15 is 0 Å². The van der Waals surface area contributed by atoms with Crippen molar-refractivity contribution in [1.29, 1.82) is 0 Å². The second kappa shape index (κ2) is 13.3. The van der Waals surface area contributed by atoms with E-state index in [1.54, 1.807) is 12.1 Å². The van der Waals surface area contributed by atoms with Gasteiger partial charge in [0.15, 0.2) is 0 Å². The van der Waals surface area contributed by atoms with Crippen molar-refractivity contribution < 1.29 is 24.5 Å². The molecule has 1 aromatic carbocycles. The largest absolute Gasteiger partial charge is 0.486 e. The van der Waals surface area contributed by atoms with Crippen LogP contribution in [-0.2, 0) is 9.59 Å². The van der Waals surface area contributed by atoms with E-state index in [0.29, 0.717) is 22.2 Å². The highest BCUT2D eigenvalue weighted by Gasteiger charge is 2.07. The van der Waals surface area contributed by atoms with Crippen LogP contribution in [0.4, 0.5) is 0 Å². The molecule has 1 unspecified atom stereocenters.